The maximum Gasteiger partial charge on any atom is 0.0935 e. The number of nitrogen functional groups attached to an aromatic ring is 1. The van der Waals surface area contributed by atoms with Gasteiger partial charge in [0.1, 0.15) is 0 Å². The molecule has 0 bridgehead atoms. The first-order valence-electron chi connectivity index (χ1n) is 6.12. The molecular formula is C15H18N2O. The molecule has 3 N–H and O–H groups in total. The van der Waals surface area contributed by atoms with Crippen LogP contribution < -0.4 is 5.73 Å². The van der Waals surface area contributed by atoms with Crippen molar-refractivity contribution in [1.29, 1.82) is 0 Å². The van der Waals surface area contributed by atoms with Gasteiger partial charge in [-0.05, 0) is 23.6 Å². The van der Waals surface area contributed by atoms with Crippen molar-refractivity contribution in [3.05, 3.63) is 59.9 Å². The smallest absolute Gasteiger partial charge is 0.0935 e. The zero-order valence-corrected chi connectivity index (χ0v) is 10.5. The van der Waals surface area contributed by atoms with Crippen molar-refractivity contribution >= 4 is 5.69 Å². The molecule has 0 fully saturated rings. The van der Waals surface area contributed by atoms with Crippen LogP contribution in [-0.2, 0) is 12.0 Å². The maximum absolute atomic E-state index is 10.8. The Kier molecular flexibility index (Phi) is 3.63. The van der Waals surface area contributed by atoms with Crippen molar-refractivity contribution in [3.8, 4) is 0 Å². The lowest BCUT2D eigenvalue weighted by atomic mass is 9.85. The third kappa shape index (κ3) is 2.51. The Bertz CT molecular complexity index is 513. The molecule has 3 nitrogen and oxygen atoms in total. The number of aromatic nitrogens is 1. The average molecular weight is 242 g/mol. The Balaban J connectivity index is 2.32. The van der Waals surface area contributed by atoms with Crippen molar-refractivity contribution in [3.63, 3.8) is 0 Å². The number of anilines is 1. The van der Waals surface area contributed by atoms with E-state index in [-0.39, 0.29) is 0 Å². The van der Waals surface area contributed by atoms with Gasteiger partial charge in [-0.1, -0.05) is 37.3 Å². The second-order valence-electron chi connectivity index (χ2n) is 4.50. The van der Waals surface area contributed by atoms with Crippen molar-refractivity contribution < 1.29 is 5.11 Å². The van der Waals surface area contributed by atoms with Gasteiger partial charge in [0.15, 0.2) is 0 Å². The Labute approximate surface area is 107 Å². The first-order valence-corrected chi connectivity index (χ1v) is 6.12. The van der Waals surface area contributed by atoms with Gasteiger partial charge in [-0.15, -0.1) is 0 Å². The van der Waals surface area contributed by atoms with Gasteiger partial charge < -0.3 is 10.8 Å². The van der Waals surface area contributed by atoms with E-state index >= 15 is 0 Å². The van der Waals surface area contributed by atoms with Gasteiger partial charge in [-0.3, -0.25) is 4.98 Å². The van der Waals surface area contributed by atoms with E-state index in [2.05, 4.69) is 4.98 Å². The summed E-state index contributed by atoms with van der Waals surface area (Å²) >= 11 is 0. The number of rotatable bonds is 4. The highest BCUT2D eigenvalue weighted by Gasteiger charge is 2.28. The van der Waals surface area contributed by atoms with Crippen LogP contribution in [0.4, 0.5) is 5.69 Å². The molecule has 0 spiro atoms. The molecule has 0 aliphatic carbocycles. The van der Waals surface area contributed by atoms with Crippen LogP contribution >= 0.6 is 0 Å². The molecule has 1 unspecified atom stereocenters. The quantitative estimate of drug-likeness (QED) is 0.866. The van der Waals surface area contributed by atoms with Gasteiger partial charge in [0, 0.05) is 24.5 Å². The van der Waals surface area contributed by atoms with Crippen LogP contribution in [0.25, 0.3) is 0 Å². The second-order valence-corrected chi connectivity index (χ2v) is 4.50. The van der Waals surface area contributed by atoms with Crippen molar-refractivity contribution in [2.45, 2.75) is 25.4 Å². The van der Waals surface area contributed by atoms with Crippen LogP contribution in [0.5, 0.6) is 0 Å². The number of aliphatic hydroxyl groups is 1. The lowest BCUT2D eigenvalue weighted by Crippen LogP contribution is -2.28. The second kappa shape index (κ2) is 5.19. The summed E-state index contributed by atoms with van der Waals surface area (Å²) in [4.78, 5) is 4.07. The molecule has 2 aromatic rings. The highest BCUT2D eigenvalue weighted by atomic mass is 16.3. The maximum atomic E-state index is 10.8. The molecule has 0 saturated heterocycles. The Morgan fingerprint density at radius 3 is 2.56 bits per heavy atom. The molecule has 0 aliphatic heterocycles. The fraction of sp³-hybridized carbons (Fsp3) is 0.267. The molecule has 1 aromatic carbocycles. The monoisotopic (exact) mass is 242 g/mol. The number of benzene rings is 1. The van der Waals surface area contributed by atoms with Crippen LogP contribution in [0.1, 0.15) is 24.5 Å². The fourth-order valence-electron chi connectivity index (χ4n) is 2.08. The minimum Gasteiger partial charge on any atom is -0.398 e. The van der Waals surface area contributed by atoms with E-state index in [0.717, 1.165) is 11.1 Å². The number of nitrogens with two attached hydrogens (primary N) is 1. The molecule has 2 rings (SSSR count). The third-order valence-electron chi connectivity index (χ3n) is 3.32. The molecule has 94 valence electrons. The lowest BCUT2D eigenvalue weighted by molar-refractivity contribution is 0.0328. The summed E-state index contributed by atoms with van der Waals surface area (Å²) in [7, 11) is 0. The number of hydrogen-bond donors (Lipinski definition) is 2. The minimum absolute atomic E-state index is 0.479. The molecule has 1 atom stereocenters. The zero-order chi connectivity index (χ0) is 13.0. The van der Waals surface area contributed by atoms with Crippen LogP contribution in [0, 0.1) is 0 Å². The van der Waals surface area contributed by atoms with Crippen molar-refractivity contribution in [1.82, 2.24) is 4.98 Å². The zero-order valence-electron chi connectivity index (χ0n) is 10.5. The highest BCUT2D eigenvalue weighted by molar-refractivity contribution is 5.45. The number of hydrogen-bond acceptors (Lipinski definition) is 3. The first-order chi connectivity index (χ1) is 8.65. The first kappa shape index (κ1) is 12.6. The summed E-state index contributed by atoms with van der Waals surface area (Å²) in [5.74, 6) is 0. The fourth-order valence-corrected chi connectivity index (χ4v) is 2.08. The summed E-state index contributed by atoms with van der Waals surface area (Å²) in [6.45, 7) is 1.97. The standard InChI is InChI=1S/C15H18N2O/c1-2-15(18,13-6-4-3-5-7-13)10-12-11-17-9-8-14(12)16/h3-9,11,18H,2,10H2,1H3,(H2,16,17). The number of nitrogens with zero attached hydrogens (tertiary/aromatic N) is 1. The van der Waals surface area contributed by atoms with E-state index in [0.29, 0.717) is 18.5 Å². The SMILES string of the molecule is CCC(O)(Cc1cnccc1N)c1ccccc1. The van der Waals surface area contributed by atoms with Gasteiger partial charge in [0.25, 0.3) is 0 Å². The third-order valence-corrected chi connectivity index (χ3v) is 3.32. The highest BCUT2D eigenvalue weighted by Crippen LogP contribution is 2.30. The van der Waals surface area contributed by atoms with Gasteiger partial charge in [-0.25, -0.2) is 0 Å². The van der Waals surface area contributed by atoms with Crippen LogP contribution in [0.2, 0.25) is 0 Å². The predicted molar refractivity (Wildman–Crippen MR) is 73.0 cm³/mol. The topological polar surface area (TPSA) is 59.1 Å². The van der Waals surface area contributed by atoms with Gasteiger partial charge >= 0.3 is 0 Å². The van der Waals surface area contributed by atoms with Gasteiger partial charge in [0.2, 0.25) is 0 Å². The Hall–Kier alpha value is -1.87. The largest absolute Gasteiger partial charge is 0.398 e. The summed E-state index contributed by atoms with van der Waals surface area (Å²) in [6.07, 6.45) is 4.49. The summed E-state index contributed by atoms with van der Waals surface area (Å²) < 4.78 is 0. The Morgan fingerprint density at radius 2 is 1.94 bits per heavy atom. The molecule has 1 aromatic heterocycles. The molecule has 3 heteroatoms. The summed E-state index contributed by atoms with van der Waals surface area (Å²) in [6, 6.07) is 11.5. The summed E-state index contributed by atoms with van der Waals surface area (Å²) in [5, 5.41) is 10.8. The molecule has 0 saturated carbocycles. The molecule has 0 amide bonds. The van der Waals surface area contributed by atoms with E-state index in [1.54, 1.807) is 18.5 Å². The van der Waals surface area contributed by atoms with E-state index in [9.17, 15) is 5.11 Å². The molecule has 1 heterocycles. The summed E-state index contributed by atoms with van der Waals surface area (Å²) in [5.41, 5.74) is 7.49. The molecule has 18 heavy (non-hydrogen) atoms. The molecular weight excluding hydrogens is 224 g/mol. The lowest BCUT2D eigenvalue weighted by Gasteiger charge is -2.28. The Morgan fingerprint density at radius 1 is 1.22 bits per heavy atom. The number of pyridine rings is 1. The van der Waals surface area contributed by atoms with E-state index in [4.69, 9.17) is 5.73 Å². The van der Waals surface area contributed by atoms with Crippen molar-refractivity contribution in [2.24, 2.45) is 0 Å². The van der Waals surface area contributed by atoms with Crippen LogP contribution in [-0.4, -0.2) is 10.1 Å². The van der Waals surface area contributed by atoms with E-state index in [1.165, 1.54) is 0 Å². The van der Waals surface area contributed by atoms with Crippen molar-refractivity contribution in [2.75, 3.05) is 5.73 Å². The molecule has 0 aliphatic rings. The molecule has 0 radical (unpaired) electrons. The van der Waals surface area contributed by atoms with Crippen LogP contribution in [0.3, 0.4) is 0 Å². The minimum atomic E-state index is -0.890. The van der Waals surface area contributed by atoms with Crippen LogP contribution in [0.15, 0.2) is 48.8 Å². The predicted octanol–water partition coefficient (Wildman–Crippen LogP) is 2.50. The average Bonchev–Trinajstić information content (AvgIpc) is 2.42. The normalized spacial score (nSPS) is 14.1. The van der Waals surface area contributed by atoms with E-state index in [1.807, 2.05) is 37.3 Å². The van der Waals surface area contributed by atoms with E-state index < -0.39 is 5.60 Å². The van der Waals surface area contributed by atoms with Gasteiger partial charge in [0.05, 0.1) is 5.60 Å². The van der Waals surface area contributed by atoms with Gasteiger partial charge in [-0.2, -0.15) is 0 Å².